The summed E-state index contributed by atoms with van der Waals surface area (Å²) in [7, 11) is 0. The van der Waals surface area contributed by atoms with Gasteiger partial charge in [-0.2, -0.15) is 0 Å². The van der Waals surface area contributed by atoms with Crippen LogP contribution in [0.4, 0.5) is 0 Å². The highest BCUT2D eigenvalue weighted by Crippen LogP contribution is 2.18. The van der Waals surface area contributed by atoms with E-state index in [0.29, 0.717) is 17.6 Å². The minimum absolute atomic E-state index is 0.0146. The second-order valence-electron chi connectivity index (χ2n) is 4.50. The van der Waals surface area contributed by atoms with Gasteiger partial charge in [-0.25, -0.2) is 0 Å². The van der Waals surface area contributed by atoms with E-state index >= 15 is 0 Å². The van der Waals surface area contributed by atoms with Crippen LogP contribution in [0.2, 0.25) is 5.02 Å². The largest absolute Gasteiger partial charge is 0.348 e. The molecule has 0 aromatic heterocycles. The lowest BCUT2D eigenvalue weighted by Gasteiger charge is -2.14. The van der Waals surface area contributed by atoms with Gasteiger partial charge >= 0.3 is 0 Å². The Bertz CT molecular complexity index is 387. The van der Waals surface area contributed by atoms with Crippen LogP contribution >= 0.6 is 11.6 Å². The fourth-order valence-electron chi connectivity index (χ4n) is 1.65. The summed E-state index contributed by atoms with van der Waals surface area (Å²) in [6, 6.07) is 8.11. The number of carbonyl (C=O) groups is 1. The zero-order valence-electron chi connectivity index (χ0n) is 9.87. The number of carbonyl (C=O) groups excluding carboxylic acids is 1. The average Bonchev–Trinajstić information content (AvgIpc) is 3.11. The highest BCUT2D eigenvalue weighted by Gasteiger charge is 2.21. The molecule has 3 nitrogen and oxygen atoms in total. The Morgan fingerprint density at radius 3 is 2.65 bits per heavy atom. The molecule has 1 amide bonds. The Morgan fingerprint density at radius 1 is 1.41 bits per heavy atom. The summed E-state index contributed by atoms with van der Waals surface area (Å²) >= 11 is 5.82. The monoisotopic (exact) mass is 252 g/mol. The normalized spacial score (nSPS) is 16.6. The van der Waals surface area contributed by atoms with Crippen LogP contribution in [0.3, 0.4) is 0 Å². The molecule has 1 aliphatic carbocycles. The van der Waals surface area contributed by atoms with Gasteiger partial charge in [0.05, 0.1) is 12.6 Å². The molecular weight excluding hydrogens is 236 g/mol. The number of nitrogens with one attached hydrogen (secondary N) is 2. The van der Waals surface area contributed by atoms with Gasteiger partial charge in [-0.15, -0.1) is 0 Å². The third-order valence-corrected chi connectivity index (χ3v) is 3.13. The fourth-order valence-corrected chi connectivity index (χ4v) is 1.78. The van der Waals surface area contributed by atoms with Gasteiger partial charge in [0.2, 0.25) is 5.91 Å². The quantitative estimate of drug-likeness (QED) is 0.844. The molecule has 1 aromatic rings. The Hall–Kier alpha value is -1.06. The van der Waals surface area contributed by atoms with Gasteiger partial charge in [0.25, 0.3) is 0 Å². The van der Waals surface area contributed by atoms with E-state index in [4.69, 9.17) is 11.6 Å². The zero-order chi connectivity index (χ0) is 12.3. The predicted molar refractivity (Wildman–Crippen MR) is 69.0 cm³/mol. The van der Waals surface area contributed by atoms with Crippen LogP contribution in [0.15, 0.2) is 24.3 Å². The van der Waals surface area contributed by atoms with Gasteiger partial charge in [0, 0.05) is 11.1 Å². The van der Waals surface area contributed by atoms with Crippen molar-refractivity contribution in [2.24, 2.45) is 0 Å². The first kappa shape index (κ1) is 12.4. The molecular formula is C13H17ClN2O. The molecule has 4 heteroatoms. The van der Waals surface area contributed by atoms with E-state index < -0.39 is 0 Å². The molecule has 1 aromatic carbocycles. The zero-order valence-corrected chi connectivity index (χ0v) is 10.6. The van der Waals surface area contributed by atoms with E-state index in [0.717, 1.165) is 5.56 Å². The molecule has 0 saturated heterocycles. The predicted octanol–water partition coefficient (Wildman–Crippen LogP) is 2.27. The third kappa shape index (κ3) is 4.02. The second kappa shape index (κ2) is 5.52. The molecule has 0 bridgehead atoms. The Kier molecular flexibility index (Phi) is 4.02. The van der Waals surface area contributed by atoms with Gasteiger partial charge in [-0.3, -0.25) is 4.79 Å². The first-order chi connectivity index (χ1) is 8.15. The van der Waals surface area contributed by atoms with Crippen molar-refractivity contribution in [2.75, 3.05) is 6.54 Å². The van der Waals surface area contributed by atoms with Crippen LogP contribution < -0.4 is 10.6 Å². The summed E-state index contributed by atoms with van der Waals surface area (Å²) in [4.78, 5) is 11.6. The molecule has 0 heterocycles. The summed E-state index contributed by atoms with van der Waals surface area (Å²) in [5.74, 6) is 0.0411. The average molecular weight is 253 g/mol. The van der Waals surface area contributed by atoms with Crippen molar-refractivity contribution in [2.45, 2.75) is 31.8 Å². The van der Waals surface area contributed by atoms with Gasteiger partial charge in [0.15, 0.2) is 0 Å². The van der Waals surface area contributed by atoms with Crippen LogP contribution in [-0.2, 0) is 4.79 Å². The minimum atomic E-state index is 0.0146. The van der Waals surface area contributed by atoms with Crippen LogP contribution in [0, 0.1) is 0 Å². The minimum Gasteiger partial charge on any atom is -0.348 e. The summed E-state index contributed by atoms with van der Waals surface area (Å²) in [6.07, 6.45) is 2.39. The second-order valence-corrected chi connectivity index (χ2v) is 4.93. The summed E-state index contributed by atoms with van der Waals surface area (Å²) in [5.41, 5.74) is 1.06. The topological polar surface area (TPSA) is 41.1 Å². The maximum Gasteiger partial charge on any atom is 0.234 e. The maximum atomic E-state index is 11.6. The van der Waals surface area contributed by atoms with E-state index in [2.05, 4.69) is 10.6 Å². The first-order valence-corrected chi connectivity index (χ1v) is 6.31. The number of rotatable bonds is 5. The molecule has 0 radical (unpaired) electrons. The number of hydrogen-bond donors (Lipinski definition) is 2. The van der Waals surface area contributed by atoms with Crippen LogP contribution in [0.25, 0.3) is 0 Å². The molecule has 2 rings (SSSR count). The highest BCUT2D eigenvalue weighted by atomic mass is 35.5. The number of amides is 1. The van der Waals surface area contributed by atoms with Crippen LogP contribution in [0.5, 0.6) is 0 Å². The van der Waals surface area contributed by atoms with Crippen molar-refractivity contribution >= 4 is 17.5 Å². The molecule has 0 aliphatic heterocycles. The lowest BCUT2D eigenvalue weighted by atomic mass is 10.1. The van der Waals surface area contributed by atoms with Crippen molar-refractivity contribution in [3.63, 3.8) is 0 Å². The summed E-state index contributed by atoms with van der Waals surface area (Å²) in [6.45, 7) is 2.38. The molecule has 1 atom stereocenters. The van der Waals surface area contributed by atoms with Gasteiger partial charge in [-0.05, 0) is 37.5 Å². The maximum absolute atomic E-state index is 11.6. The third-order valence-electron chi connectivity index (χ3n) is 2.88. The molecule has 1 fully saturated rings. The Labute approximate surface area is 107 Å². The van der Waals surface area contributed by atoms with E-state index in [-0.39, 0.29) is 11.9 Å². The SMILES string of the molecule is CC(NC(=O)CNC1CC1)c1ccc(Cl)cc1. The summed E-state index contributed by atoms with van der Waals surface area (Å²) < 4.78 is 0. The fraction of sp³-hybridized carbons (Fsp3) is 0.462. The lowest BCUT2D eigenvalue weighted by Crippen LogP contribution is -2.36. The van der Waals surface area contributed by atoms with Crippen molar-refractivity contribution in [3.8, 4) is 0 Å². The van der Waals surface area contributed by atoms with Gasteiger partial charge in [-0.1, -0.05) is 23.7 Å². The molecule has 2 N–H and O–H groups in total. The Balaban J connectivity index is 1.80. The number of hydrogen-bond acceptors (Lipinski definition) is 2. The van der Waals surface area contributed by atoms with Gasteiger partial charge < -0.3 is 10.6 Å². The van der Waals surface area contributed by atoms with E-state index in [1.165, 1.54) is 12.8 Å². The molecule has 1 saturated carbocycles. The van der Waals surface area contributed by atoms with E-state index in [1.807, 2.05) is 31.2 Å². The standard InChI is InChI=1S/C13H17ClN2O/c1-9(10-2-4-11(14)5-3-10)16-13(17)8-15-12-6-7-12/h2-5,9,12,15H,6-8H2,1H3,(H,16,17). The van der Waals surface area contributed by atoms with E-state index in [9.17, 15) is 4.79 Å². The van der Waals surface area contributed by atoms with Gasteiger partial charge in [0.1, 0.15) is 0 Å². The molecule has 0 spiro atoms. The molecule has 1 unspecified atom stereocenters. The lowest BCUT2D eigenvalue weighted by molar-refractivity contribution is -0.120. The van der Waals surface area contributed by atoms with Crippen molar-refractivity contribution in [1.82, 2.24) is 10.6 Å². The van der Waals surface area contributed by atoms with E-state index in [1.54, 1.807) is 0 Å². The first-order valence-electron chi connectivity index (χ1n) is 5.93. The molecule has 92 valence electrons. The van der Waals surface area contributed by atoms with Crippen LogP contribution in [-0.4, -0.2) is 18.5 Å². The molecule has 17 heavy (non-hydrogen) atoms. The van der Waals surface area contributed by atoms with Crippen LogP contribution in [0.1, 0.15) is 31.4 Å². The number of halogens is 1. The van der Waals surface area contributed by atoms with Crippen molar-refractivity contribution in [3.05, 3.63) is 34.9 Å². The molecule has 1 aliphatic rings. The Morgan fingerprint density at radius 2 is 2.06 bits per heavy atom. The number of benzene rings is 1. The van der Waals surface area contributed by atoms with Crippen molar-refractivity contribution < 1.29 is 4.79 Å². The highest BCUT2D eigenvalue weighted by molar-refractivity contribution is 6.30. The summed E-state index contributed by atoms with van der Waals surface area (Å²) in [5, 5.41) is 6.85. The van der Waals surface area contributed by atoms with Crippen molar-refractivity contribution in [1.29, 1.82) is 0 Å². The smallest absolute Gasteiger partial charge is 0.234 e.